The number of anilines is 1. The Labute approximate surface area is 104 Å². The molecule has 0 radical (unpaired) electrons. The van der Waals surface area contributed by atoms with Crippen molar-refractivity contribution in [1.82, 2.24) is 15.2 Å². The van der Waals surface area contributed by atoms with Crippen molar-refractivity contribution in [1.29, 1.82) is 0 Å². The summed E-state index contributed by atoms with van der Waals surface area (Å²) in [6, 6.07) is 5.69. The molecule has 3 aromatic heterocycles. The fourth-order valence-electron chi connectivity index (χ4n) is 1.96. The minimum Gasteiger partial charge on any atom is -0.462 e. The van der Waals surface area contributed by atoms with Gasteiger partial charge in [-0.15, -0.1) is 0 Å². The van der Waals surface area contributed by atoms with Crippen LogP contribution in [0.15, 0.2) is 41.3 Å². The Morgan fingerprint density at radius 3 is 2.67 bits per heavy atom. The van der Waals surface area contributed by atoms with Crippen LogP contribution >= 0.6 is 0 Å². The second-order valence-electron chi connectivity index (χ2n) is 4.03. The number of furan rings is 1. The maximum absolute atomic E-state index is 5.93. The Morgan fingerprint density at radius 1 is 1.22 bits per heavy atom. The van der Waals surface area contributed by atoms with Crippen LogP contribution in [-0.2, 0) is 0 Å². The van der Waals surface area contributed by atoms with Crippen LogP contribution in [0.3, 0.4) is 0 Å². The van der Waals surface area contributed by atoms with Crippen LogP contribution in [-0.4, -0.2) is 15.2 Å². The number of H-pyrrole nitrogens is 1. The molecule has 0 saturated carbocycles. The Kier molecular flexibility index (Phi) is 2.37. The van der Waals surface area contributed by atoms with Crippen molar-refractivity contribution in [2.45, 2.75) is 6.92 Å². The van der Waals surface area contributed by atoms with Crippen LogP contribution in [0, 0.1) is 6.92 Å². The molecule has 3 aromatic rings. The number of nitrogen functional groups attached to an aromatic ring is 1. The van der Waals surface area contributed by atoms with Crippen molar-refractivity contribution in [2.24, 2.45) is 0 Å². The third kappa shape index (κ3) is 1.57. The Bertz CT molecular complexity index is 669. The zero-order valence-electron chi connectivity index (χ0n) is 9.84. The van der Waals surface area contributed by atoms with Gasteiger partial charge in [-0.25, -0.2) is 0 Å². The first kappa shape index (κ1) is 10.6. The van der Waals surface area contributed by atoms with E-state index in [1.807, 2.05) is 25.1 Å². The molecule has 5 nitrogen and oxygen atoms in total. The highest BCUT2D eigenvalue weighted by atomic mass is 16.3. The summed E-state index contributed by atoms with van der Waals surface area (Å²) in [4.78, 5) is 4.00. The average molecular weight is 240 g/mol. The van der Waals surface area contributed by atoms with Crippen LogP contribution in [0.1, 0.15) is 5.56 Å². The van der Waals surface area contributed by atoms with Crippen molar-refractivity contribution in [3.63, 3.8) is 0 Å². The Morgan fingerprint density at radius 2 is 2.00 bits per heavy atom. The number of hydrogen-bond donors (Lipinski definition) is 2. The van der Waals surface area contributed by atoms with Gasteiger partial charge in [0.15, 0.2) is 11.6 Å². The lowest BCUT2D eigenvalue weighted by Crippen LogP contribution is -1.89. The molecule has 5 heteroatoms. The highest BCUT2D eigenvalue weighted by molar-refractivity contribution is 5.86. The standard InChI is InChI=1S/C13H12N4O/c1-8-4-7-18-12(8)11-10(13(14)17-16-11)9-2-5-15-6-3-9/h2-7H,1H3,(H3,14,16,17). The molecular weight excluding hydrogens is 228 g/mol. The van der Waals surface area contributed by atoms with Gasteiger partial charge < -0.3 is 10.2 Å². The largest absolute Gasteiger partial charge is 0.462 e. The summed E-state index contributed by atoms with van der Waals surface area (Å²) in [5.41, 5.74) is 9.56. The van der Waals surface area contributed by atoms with E-state index in [-0.39, 0.29) is 0 Å². The van der Waals surface area contributed by atoms with Gasteiger partial charge in [-0.2, -0.15) is 5.10 Å². The molecule has 0 aliphatic rings. The van der Waals surface area contributed by atoms with E-state index in [4.69, 9.17) is 10.2 Å². The minimum absolute atomic E-state index is 0.451. The third-order valence-electron chi connectivity index (χ3n) is 2.85. The van der Waals surface area contributed by atoms with Gasteiger partial charge in [-0.1, -0.05) is 0 Å². The third-order valence-corrected chi connectivity index (χ3v) is 2.85. The second-order valence-corrected chi connectivity index (χ2v) is 4.03. The van der Waals surface area contributed by atoms with Gasteiger partial charge in [0.25, 0.3) is 0 Å². The van der Waals surface area contributed by atoms with Crippen molar-refractivity contribution in [3.05, 3.63) is 42.4 Å². The molecule has 3 N–H and O–H groups in total. The van der Waals surface area contributed by atoms with Gasteiger partial charge in [0.1, 0.15) is 5.69 Å². The summed E-state index contributed by atoms with van der Waals surface area (Å²) >= 11 is 0. The summed E-state index contributed by atoms with van der Waals surface area (Å²) in [6.45, 7) is 1.98. The quantitative estimate of drug-likeness (QED) is 0.721. The number of rotatable bonds is 2. The smallest absolute Gasteiger partial charge is 0.155 e. The van der Waals surface area contributed by atoms with Crippen molar-refractivity contribution >= 4 is 5.82 Å². The van der Waals surface area contributed by atoms with Crippen molar-refractivity contribution < 1.29 is 4.42 Å². The van der Waals surface area contributed by atoms with E-state index in [1.165, 1.54) is 0 Å². The summed E-state index contributed by atoms with van der Waals surface area (Å²) in [6.07, 6.45) is 5.10. The van der Waals surface area contributed by atoms with E-state index < -0.39 is 0 Å². The molecule has 3 heterocycles. The predicted molar refractivity (Wildman–Crippen MR) is 68.7 cm³/mol. The maximum Gasteiger partial charge on any atom is 0.155 e. The van der Waals surface area contributed by atoms with Crippen LogP contribution < -0.4 is 5.73 Å². The monoisotopic (exact) mass is 240 g/mol. The predicted octanol–water partition coefficient (Wildman–Crippen LogP) is 2.62. The highest BCUT2D eigenvalue weighted by Crippen LogP contribution is 2.35. The summed E-state index contributed by atoms with van der Waals surface area (Å²) < 4.78 is 5.48. The number of nitrogens with zero attached hydrogens (tertiary/aromatic N) is 2. The summed E-state index contributed by atoms with van der Waals surface area (Å²) in [5, 5.41) is 6.99. The number of aromatic amines is 1. The molecule has 0 aromatic carbocycles. The van der Waals surface area contributed by atoms with Crippen LogP contribution in [0.2, 0.25) is 0 Å². The Hall–Kier alpha value is -2.56. The molecule has 0 spiro atoms. The first-order valence-corrected chi connectivity index (χ1v) is 5.56. The summed E-state index contributed by atoms with van der Waals surface area (Å²) in [7, 11) is 0. The first-order valence-electron chi connectivity index (χ1n) is 5.56. The molecule has 3 rings (SSSR count). The number of aryl methyl sites for hydroxylation is 1. The molecule has 18 heavy (non-hydrogen) atoms. The number of nitrogens with two attached hydrogens (primary N) is 1. The minimum atomic E-state index is 0.451. The number of pyridine rings is 1. The molecule has 0 aliphatic heterocycles. The number of hydrogen-bond acceptors (Lipinski definition) is 4. The van der Waals surface area contributed by atoms with Crippen LogP contribution in [0.5, 0.6) is 0 Å². The van der Waals surface area contributed by atoms with Crippen molar-refractivity contribution in [3.8, 4) is 22.6 Å². The first-order chi connectivity index (χ1) is 8.77. The highest BCUT2D eigenvalue weighted by Gasteiger charge is 2.18. The molecular formula is C13H12N4O. The van der Waals surface area contributed by atoms with E-state index in [1.54, 1.807) is 18.7 Å². The maximum atomic E-state index is 5.93. The average Bonchev–Trinajstić information content (AvgIpc) is 2.96. The number of aromatic nitrogens is 3. The molecule has 0 bridgehead atoms. The molecule has 0 unspecified atom stereocenters. The molecule has 0 saturated heterocycles. The van der Waals surface area contributed by atoms with Crippen LogP contribution in [0.25, 0.3) is 22.6 Å². The van der Waals surface area contributed by atoms with Gasteiger partial charge in [0, 0.05) is 12.4 Å². The SMILES string of the molecule is Cc1ccoc1-c1[nH]nc(N)c1-c1ccncc1. The second kappa shape index (κ2) is 4.03. The van der Waals surface area contributed by atoms with Gasteiger partial charge in [0.2, 0.25) is 0 Å². The van der Waals surface area contributed by atoms with Crippen LogP contribution in [0.4, 0.5) is 5.82 Å². The van der Waals surface area contributed by atoms with Gasteiger partial charge >= 0.3 is 0 Å². The fourth-order valence-corrected chi connectivity index (χ4v) is 1.96. The molecule has 0 aliphatic carbocycles. The van der Waals surface area contributed by atoms with Gasteiger partial charge in [-0.05, 0) is 36.2 Å². The zero-order valence-corrected chi connectivity index (χ0v) is 9.84. The fraction of sp³-hybridized carbons (Fsp3) is 0.0769. The molecule has 0 atom stereocenters. The van der Waals surface area contributed by atoms with E-state index >= 15 is 0 Å². The Balaban J connectivity index is 2.22. The van der Waals surface area contributed by atoms with E-state index in [2.05, 4.69) is 15.2 Å². The van der Waals surface area contributed by atoms with Crippen molar-refractivity contribution in [2.75, 3.05) is 5.73 Å². The summed E-state index contributed by atoms with van der Waals surface area (Å²) in [5.74, 6) is 1.21. The topological polar surface area (TPSA) is 80.7 Å². The lowest BCUT2D eigenvalue weighted by Gasteiger charge is -2.02. The molecule has 0 fully saturated rings. The molecule has 0 amide bonds. The normalized spacial score (nSPS) is 10.7. The number of nitrogens with one attached hydrogen (secondary N) is 1. The van der Waals surface area contributed by atoms with Gasteiger partial charge in [0.05, 0.1) is 11.8 Å². The lowest BCUT2D eigenvalue weighted by molar-refractivity contribution is 0.578. The zero-order chi connectivity index (χ0) is 12.5. The van der Waals surface area contributed by atoms with E-state index in [0.29, 0.717) is 5.82 Å². The lowest BCUT2D eigenvalue weighted by atomic mass is 10.0. The van der Waals surface area contributed by atoms with Gasteiger partial charge in [-0.3, -0.25) is 10.1 Å². The van der Waals surface area contributed by atoms with E-state index in [0.717, 1.165) is 28.1 Å². The van der Waals surface area contributed by atoms with E-state index in [9.17, 15) is 0 Å². The molecule has 90 valence electrons.